The number of hydrogen-bond donors (Lipinski definition) is 1. The summed E-state index contributed by atoms with van der Waals surface area (Å²) >= 11 is 0. The van der Waals surface area contributed by atoms with Crippen molar-refractivity contribution in [3.05, 3.63) is 59.9 Å². The molecule has 170 valence electrons. The summed E-state index contributed by atoms with van der Waals surface area (Å²) in [6, 6.07) is 12.9. The van der Waals surface area contributed by atoms with Gasteiger partial charge in [0.1, 0.15) is 5.82 Å². The zero-order valence-electron chi connectivity index (χ0n) is 18.0. The van der Waals surface area contributed by atoms with Crippen LogP contribution < -0.4 is 5.32 Å². The molecule has 4 rings (SSSR count). The summed E-state index contributed by atoms with van der Waals surface area (Å²) in [7, 11) is 0. The molecular weight excluding hydrogens is 417 g/mol. The fraction of sp³-hybridized carbons (Fsp3) is 0.440. The van der Waals surface area contributed by atoms with Crippen molar-refractivity contribution in [1.82, 2.24) is 10.2 Å². The molecule has 2 fully saturated rings. The lowest BCUT2D eigenvalue weighted by Crippen LogP contribution is -2.52. The fourth-order valence-electron chi connectivity index (χ4n) is 4.52. The van der Waals surface area contributed by atoms with Gasteiger partial charge in [-0.05, 0) is 54.5 Å². The standard InChI is InChI=1S/C25H27F3N2O2/c1-25(27,28)24(32)29-21-11-12-30(23(31)17-6-3-7-17)22(21)14-16-5-2-8-18(13-16)19-9-4-10-20(26)15-19/h2,4-5,8-10,13,15,17,21-22H,3,6-7,11-12,14H2,1H3,(H,29,32)/t21-,22-/m1/s1. The van der Waals surface area contributed by atoms with E-state index >= 15 is 0 Å². The number of alkyl halides is 2. The maximum Gasteiger partial charge on any atom is 0.321 e. The Balaban J connectivity index is 1.58. The zero-order chi connectivity index (χ0) is 22.9. The Kier molecular flexibility index (Phi) is 6.26. The Labute approximate surface area is 185 Å². The number of halogens is 3. The Bertz CT molecular complexity index is 1000. The predicted molar refractivity (Wildman–Crippen MR) is 116 cm³/mol. The van der Waals surface area contributed by atoms with Crippen molar-refractivity contribution in [2.24, 2.45) is 5.92 Å². The first-order valence-electron chi connectivity index (χ1n) is 11.1. The molecule has 2 aromatic rings. The summed E-state index contributed by atoms with van der Waals surface area (Å²) in [5, 5.41) is 2.47. The van der Waals surface area contributed by atoms with Crippen molar-refractivity contribution in [2.45, 2.75) is 57.0 Å². The third-order valence-electron chi connectivity index (χ3n) is 6.53. The van der Waals surface area contributed by atoms with Crippen LogP contribution in [0, 0.1) is 11.7 Å². The van der Waals surface area contributed by atoms with Gasteiger partial charge in [0.25, 0.3) is 5.91 Å². The third-order valence-corrected chi connectivity index (χ3v) is 6.53. The van der Waals surface area contributed by atoms with Crippen molar-refractivity contribution >= 4 is 11.8 Å². The van der Waals surface area contributed by atoms with Gasteiger partial charge in [0, 0.05) is 19.4 Å². The number of carbonyl (C=O) groups excluding carboxylic acids is 2. The Morgan fingerprint density at radius 2 is 1.75 bits per heavy atom. The van der Waals surface area contributed by atoms with E-state index in [4.69, 9.17) is 0 Å². The lowest BCUT2D eigenvalue weighted by atomic mass is 9.84. The van der Waals surface area contributed by atoms with E-state index in [1.807, 2.05) is 30.3 Å². The van der Waals surface area contributed by atoms with Crippen LogP contribution in [0.15, 0.2) is 48.5 Å². The molecule has 2 aliphatic rings. The van der Waals surface area contributed by atoms with Gasteiger partial charge in [0.15, 0.2) is 0 Å². The smallest absolute Gasteiger partial charge is 0.321 e. The molecule has 2 atom stereocenters. The summed E-state index contributed by atoms with van der Waals surface area (Å²) in [5.74, 6) is -5.10. The molecular formula is C25H27F3N2O2. The summed E-state index contributed by atoms with van der Waals surface area (Å²) in [5.41, 5.74) is 2.46. The van der Waals surface area contributed by atoms with E-state index < -0.39 is 23.9 Å². The summed E-state index contributed by atoms with van der Waals surface area (Å²) in [6.07, 6.45) is 3.57. The van der Waals surface area contributed by atoms with Crippen LogP contribution in [0.1, 0.15) is 38.2 Å². The molecule has 0 radical (unpaired) electrons. The highest BCUT2D eigenvalue weighted by molar-refractivity contribution is 5.84. The molecule has 1 saturated heterocycles. The third kappa shape index (κ3) is 4.81. The van der Waals surface area contributed by atoms with Gasteiger partial charge in [-0.25, -0.2) is 4.39 Å². The second-order valence-electron chi connectivity index (χ2n) is 8.90. The fourth-order valence-corrected chi connectivity index (χ4v) is 4.52. The molecule has 32 heavy (non-hydrogen) atoms. The van der Waals surface area contributed by atoms with Crippen molar-refractivity contribution in [1.29, 1.82) is 0 Å². The predicted octanol–water partition coefficient (Wildman–Crippen LogP) is 4.58. The average Bonchev–Trinajstić information content (AvgIpc) is 3.08. The van der Waals surface area contributed by atoms with Crippen LogP contribution in [0.4, 0.5) is 13.2 Å². The molecule has 1 saturated carbocycles. The topological polar surface area (TPSA) is 49.4 Å². The highest BCUT2D eigenvalue weighted by Gasteiger charge is 2.43. The minimum absolute atomic E-state index is 0.0156. The van der Waals surface area contributed by atoms with Gasteiger partial charge in [0.05, 0.1) is 12.1 Å². The van der Waals surface area contributed by atoms with Gasteiger partial charge in [-0.1, -0.05) is 42.8 Å². The largest absolute Gasteiger partial charge is 0.346 e. The van der Waals surface area contributed by atoms with Crippen LogP contribution in [0.2, 0.25) is 0 Å². The SMILES string of the molecule is CC(F)(F)C(=O)N[C@@H]1CCN(C(=O)C2CCC2)[C@@H]1Cc1cccc(-c2cccc(F)c2)c1. The van der Waals surface area contributed by atoms with Gasteiger partial charge < -0.3 is 10.2 Å². The van der Waals surface area contributed by atoms with E-state index in [1.54, 1.807) is 11.0 Å². The second kappa shape index (κ2) is 8.96. The van der Waals surface area contributed by atoms with Crippen LogP contribution in [-0.2, 0) is 16.0 Å². The normalized spacial score (nSPS) is 21.3. The molecule has 0 unspecified atom stereocenters. The first kappa shape index (κ1) is 22.4. The number of nitrogens with zero attached hydrogens (tertiary/aromatic N) is 1. The molecule has 1 heterocycles. The number of carbonyl (C=O) groups is 2. The summed E-state index contributed by atoms with van der Waals surface area (Å²) in [4.78, 5) is 26.7. The summed E-state index contributed by atoms with van der Waals surface area (Å²) in [6.45, 7) is 1.01. The van der Waals surface area contributed by atoms with E-state index in [0.29, 0.717) is 26.3 Å². The summed E-state index contributed by atoms with van der Waals surface area (Å²) < 4.78 is 40.7. The van der Waals surface area contributed by atoms with Crippen LogP contribution in [0.3, 0.4) is 0 Å². The van der Waals surface area contributed by atoms with Crippen molar-refractivity contribution in [3.8, 4) is 11.1 Å². The van der Waals surface area contributed by atoms with Gasteiger partial charge in [0.2, 0.25) is 5.91 Å². The highest BCUT2D eigenvalue weighted by Crippen LogP contribution is 2.33. The highest BCUT2D eigenvalue weighted by atomic mass is 19.3. The molecule has 4 nitrogen and oxygen atoms in total. The maximum atomic E-state index is 13.7. The van der Waals surface area contributed by atoms with E-state index in [9.17, 15) is 22.8 Å². The van der Waals surface area contributed by atoms with Crippen molar-refractivity contribution in [3.63, 3.8) is 0 Å². The van der Waals surface area contributed by atoms with E-state index in [-0.39, 0.29) is 17.6 Å². The minimum atomic E-state index is -3.48. The Hall–Kier alpha value is -2.83. The van der Waals surface area contributed by atoms with Gasteiger partial charge in [-0.2, -0.15) is 8.78 Å². The van der Waals surface area contributed by atoms with Gasteiger partial charge in [-0.3, -0.25) is 9.59 Å². The molecule has 7 heteroatoms. The van der Waals surface area contributed by atoms with E-state index in [0.717, 1.165) is 36.0 Å². The molecule has 0 aromatic heterocycles. The molecule has 2 aromatic carbocycles. The van der Waals surface area contributed by atoms with Gasteiger partial charge >= 0.3 is 5.92 Å². The number of likely N-dealkylation sites (tertiary alicyclic amines) is 1. The average molecular weight is 444 g/mol. The Morgan fingerprint density at radius 1 is 1.06 bits per heavy atom. The quantitative estimate of drug-likeness (QED) is 0.709. The lowest BCUT2D eigenvalue weighted by molar-refractivity contribution is -0.145. The maximum absolute atomic E-state index is 13.7. The van der Waals surface area contributed by atoms with Crippen LogP contribution in [0.5, 0.6) is 0 Å². The van der Waals surface area contributed by atoms with Crippen molar-refractivity contribution in [2.75, 3.05) is 6.54 Å². The molecule has 0 bridgehead atoms. The van der Waals surface area contributed by atoms with Crippen LogP contribution in [-0.4, -0.2) is 41.3 Å². The minimum Gasteiger partial charge on any atom is -0.346 e. The number of rotatable bonds is 6. The molecule has 2 amide bonds. The molecule has 0 spiro atoms. The number of nitrogens with one attached hydrogen (secondary N) is 1. The number of benzene rings is 2. The van der Waals surface area contributed by atoms with Gasteiger partial charge in [-0.15, -0.1) is 0 Å². The number of amides is 2. The van der Waals surface area contributed by atoms with E-state index in [2.05, 4.69) is 5.32 Å². The second-order valence-corrected chi connectivity index (χ2v) is 8.90. The number of hydrogen-bond acceptors (Lipinski definition) is 2. The molecule has 1 aliphatic carbocycles. The lowest BCUT2D eigenvalue weighted by Gasteiger charge is -2.34. The van der Waals surface area contributed by atoms with Crippen LogP contribution >= 0.6 is 0 Å². The molecule has 1 N–H and O–H groups in total. The molecule has 1 aliphatic heterocycles. The van der Waals surface area contributed by atoms with E-state index in [1.165, 1.54) is 12.1 Å². The van der Waals surface area contributed by atoms with Crippen LogP contribution in [0.25, 0.3) is 11.1 Å². The first-order valence-corrected chi connectivity index (χ1v) is 11.1. The first-order chi connectivity index (χ1) is 15.2. The van der Waals surface area contributed by atoms with Crippen molar-refractivity contribution < 1.29 is 22.8 Å². The monoisotopic (exact) mass is 444 g/mol. The zero-order valence-corrected chi connectivity index (χ0v) is 18.0. The Morgan fingerprint density at radius 3 is 2.38 bits per heavy atom.